The van der Waals surface area contributed by atoms with Gasteiger partial charge in [-0.05, 0) is 36.2 Å². The van der Waals surface area contributed by atoms with Gasteiger partial charge < -0.3 is 183 Å². The number of hydrogen-bond donors (Lipinski definition) is 22. The predicted molar refractivity (Wildman–Crippen MR) is 334 cm³/mol. The van der Waals surface area contributed by atoms with E-state index >= 15 is 0 Å². The fourth-order valence-electron chi connectivity index (χ4n) is 12.9. The molecule has 103 heavy (non-hydrogen) atoms. The maximum absolute atomic E-state index is 11.6. The Kier molecular flexibility index (Phi) is 30.1. The minimum atomic E-state index is -2.21. The van der Waals surface area contributed by atoms with Crippen molar-refractivity contribution in [1.82, 2.24) is 10.3 Å². The van der Waals surface area contributed by atoms with Crippen molar-refractivity contribution in [3.63, 3.8) is 0 Å². The fraction of sp³-hybridized carbons (Fsp3) is 0.783. The zero-order valence-corrected chi connectivity index (χ0v) is 56.2. The number of carbonyl (C=O) groups is 2. The van der Waals surface area contributed by atoms with E-state index in [-0.39, 0.29) is 28.8 Å². The Morgan fingerprint density at radius 1 is 0.398 bits per heavy atom. The third kappa shape index (κ3) is 18.5. The van der Waals surface area contributed by atoms with Crippen LogP contribution in [-0.4, -0.2) is 410 Å². The summed E-state index contributed by atoms with van der Waals surface area (Å²) in [6.07, 6.45) is -67.9. The zero-order valence-electron chi connectivity index (χ0n) is 54.5. The second-order valence-corrected chi connectivity index (χ2v) is 26.5. The van der Waals surface area contributed by atoms with Gasteiger partial charge in [0.15, 0.2) is 44.0 Å². The van der Waals surface area contributed by atoms with Crippen LogP contribution in [0.15, 0.2) is 48.7 Å². The number of aliphatic hydroxyl groups excluding tert-OH is 21. The third-order valence-electron chi connectivity index (χ3n) is 18.6. The zero-order chi connectivity index (χ0) is 73.7. The van der Waals surface area contributed by atoms with Crippen molar-refractivity contribution in [3.8, 4) is 5.75 Å². The number of amides is 2. The Morgan fingerprint density at radius 2 is 0.670 bits per heavy atom. The molecular formula is C60H90ClN3O38S. The summed E-state index contributed by atoms with van der Waals surface area (Å²) in [5.41, 5.74) is 1.00. The van der Waals surface area contributed by atoms with Gasteiger partial charge in [-0.2, -0.15) is 0 Å². The summed E-state index contributed by atoms with van der Waals surface area (Å²) in [7, 11) is 1.97. The molecule has 2 aromatic rings. The van der Waals surface area contributed by atoms with Crippen molar-refractivity contribution in [2.75, 3.05) is 71.3 Å². The van der Waals surface area contributed by atoms with Gasteiger partial charge in [-0.1, -0.05) is 30.0 Å². The summed E-state index contributed by atoms with van der Waals surface area (Å²) in [6, 6.07) is 13.4. The Bertz CT molecular complexity index is 2580. The molecule has 1 aromatic heterocycles. The molecule has 23 heterocycles. The molecule has 24 rings (SSSR count). The summed E-state index contributed by atoms with van der Waals surface area (Å²) in [4.78, 5) is 29.1. The molecule has 22 saturated heterocycles. The average molecular weight is 1530 g/mol. The number of imide groups is 1. The SMILES string of the molecule is CN(CCOc1ccc(CC2SC(=O)NC2=O)cc1)c1ccccn1.Cl.OC[C@H]1O[C@@H]2O[C@H]3[C@H](O)[C@@H](O)[C@@H](O[C@H]4[C@H](O)[C@@H](O)[C@@H](O[C@H]5[C@H](O)[C@@H](O)[C@@H](O[C@H]6[C@H](O)[C@@H](O)[C@@H](O[C@H]7[C@@H](O)[C@H](O)[C@@H](O[C@H]8[C@@H](O)[C@H](O)[C@@H](O[C@H]1[C@H](O)[C@H]2O)O[C@@H]8CO)O[C@@H]7CO)O[C@@H]6CO)O[C@@H]5CO)O[C@@H]4CO)O[C@@H]3CO. The molecule has 0 saturated carbocycles. The number of halogens is 1. The maximum Gasteiger partial charge on any atom is 0.286 e. The number of aliphatic hydroxyl groups is 21. The average Bonchev–Trinajstić information content (AvgIpc) is 0.981. The molecule has 0 spiro atoms. The molecule has 2 amide bonds. The number of thioether (sulfide) groups is 1. The second-order valence-electron chi connectivity index (χ2n) is 25.3. The first kappa shape index (κ1) is 83.4. The van der Waals surface area contributed by atoms with E-state index in [1.807, 2.05) is 54.4 Å². The summed E-state index contributed by atoms with van der Waals surface area (Å²) >= 11 is 1.05. The van der Waals surface area contributed by atoms with Gasteiger partial charge in [0.05, 0.1) is 58.0 Å². The number of rotatable bonds is 14. The molecule has 22 fully saturated rings. The first-order chi connectivity index (χ1) is 48.8. The molecule has 22 N–H and O–H groups in total. The van der Waals surface area contributed by atoms with Gasteiger partial charge in [-0.15, -0.1) is 12.4 Å². The number of nitrogens with zero attached hydrogens (tertiary/aromatic N) is 2. The quantitative estimate of drug-likeness (QED) is 0.0835. The molecule has 22 aliphatic heterocycles. The lowest BCUT2D eigenvalue weighted by Crippen LogP contribution is -2.68. The van der Waals surface area contributed by atoms with E-state index in [4.69, 9.17) is 71.1 Å². The van der Waals surface area contributed by atoms with E-state index in [0.29, 0.717) is 13.0 Å². The van der Waals surface area contributed by atoms with E-state index in [1.54, 1.807) is 6.20 Å². The van der Waals surface area contributed by atoms with Crippen molar-refractivity contribution in [2.24, 2.45) is 0 Å². The normalized spacial score (nSPS) is 45.4. The van der Waals surface area contributed by atoms with Gasteiger partial charge in [-0.3, -0.25) is 14.9 Å². The molecule has 36 atom stereocenters. The monoisotopic (exact) mass is 1530 g/mol. The van der Waals surface area contributed by atoms with E-state index in [0.717, 1.165) is 35.4 Å². The lowest BCUT2D eigenvalue weighted by atomic mass is 9.95. The Hall–Kier alpha value is -3.65. The van der Waals surface area contributed by atoms with Crippen LogP contribution in [0.4, 0.5) is 10.6 Å². The highest BCUT2D eigenvalue weighted by molar-refractivity contribution is 8.15. The van der Waals surface area contributed by atoms with Gasteiger partial charge >= 0.3 is 0 Å². The number of anilines is 1. The minimum Gasteiger partial charge on any atom is -0.492 e. The Labute approximate surface area is 595 Å². The number of nitrogens with one attached hydrogen (secondary N) is 1. The van der Waals surface area contributed by atoms with Gasteiger partial charge in [0.25, 0.3) is 5.24 Å². The van der Waals surface area contributed by atoms with Crippen molar-refractivity contribution in [1.29, 1.82) is 0 Å². The number of benzene rings is 1. The van der Waals surface area contributed by atoms with Gasteiger partial charge in [0.1, 0.15) is 189 Å². The third-order valence-corrected chi connectivity index (χ3v) is 19.6. The lowest BCUT2D eigenvalue weighted by molar-refractivity contribution is -0.396. The number of ether oxygens (including phenoxy) is 15. The molecule has 14 bridgehead atoms. The number of pyridine rings is 1. The lowest BCUT2D eigenvalue weighted by Gasteiger charge is -2.50. The second kappa shape index (κ2) is 37.2. The Morgan fingerprint density at radius 3 is 0.893 bits per heavy atom. The van der Waals surface area contributed by atoms with Crippen molar-refractivity contribution >= 4 is 41.1 Å². The molecule has 0 aliphatic carbocycles. The highest BCUT2D eigenvalue weighted by Gasteiger charge is 2.60. The van der Waals surface area contributed by atoms with Crippen molar-refractivity contribution in [3.05, 3.63) is 54.2 Å². The fourth-order valence-corrected chi connectivity index (χ4v) is 13.7. The molecule has 22 aliphatic rings. The predicted octanol–water partition coefficient (Wildman–Crippen LogP) is -12.3. The van der Waals surface area contributed by atoms with Crippen LogP contribution in [-0.2, 0) is 77.5 Å². The molecule has 0 radical (unpaired) electrons. The molecule has 1 aromatic carbocycles. The van der Waals surface area contributed by atoms with Crippen molar-refractivity contribution < 1.29 is 188 Å². The van der Waals surface area contributed by atoms with Crippen LogP contribution in [0.5, 0.6) is 5.75 Å². The minimum absolute atomic E-state index is 0. The first-order valence-electron chi connectivity index (χ1n) is 32.6. The standard InChI is InChI=1S/C42H70O35.C18H19N3O3S.ClH/c43-1-8-29-15(50)22(57)36(64-8)72-30-9(2-44)66-38(24(59)17(30)52)74-32-11(4-46)68-40(26(61)19(32)54)76-34-13(6-48)70-42(28(63)21(34)56)77-35-14(7-49)69-41(27(62)20(35)55)75-33-12(5-47)67-39(25(60)18(33)53)73-31-10(3-45)65-37(71-29)23(58)16(31)51;1-21(16-4-2-3-9-19-16)10-11-24-14-7-5-13(6-8-14)12-15-17(22)20-18(23)25-15;/h8-63H,1-7H2;2-9,15H,10-12H2,1H3,(H,20,22,23);1H/t8-,9-,10-,11-,12-,13-,14-,15-,16-,17-,18-,19-,20+,21+,22-,23-,24-,25-,26-,27+,28+,29-,30-,31-,32-,33-,34-,35-,36-,37-,38-,39-,40-,41-,42-;;/m1../s1. The van der Waals surface area contributed by atoms with Crippen LogP contribution in [0.3, 0.4) is 0 Å². The van der Waals surface area contributed by atoms with Crippen LogP contribution < -0.4 is 15.0 Å². The number of carbonyl (C=O) groups excluding carboxylic acids is 2. The van der Waals surface area contributed by atoms with E-state index in [2.05, 4.69) is 10.3 Å². The smallest absolute Gasteiger partial charge is 0.286 e. The van der Waals surface area contributed by atoms with E-state index in [9.17, 15) is 117 Å². The van der Waals surface area contributed by atoms with Crippen LogP contribution in [0.1, 0.15) is 5.56 Å². The summed E-state index contributed by atoms with van der Waals surface area (Å²) < 4.78 is 85.2. The molecule has 1 unspecified atom stereocenters. The molecular weight excluding hydrogens is 1440 g/mol. The number of aromatic nitrogens is 1. The van der Waals surface area contributed by atoms with Gasteiger partial charge in [0, 0.05) is 13.2 Å². The summed E-state index contributed by atoms with van der Waals surface area (Å²) in [5, 5.41) is 232. The largest absolute Gasteiger partial charge is 0.492 e. The first-order valence-corrected chi connectivity index (χ1v) is 33.5. The number of likely N-dealkylation sites (N-methyl/N-ethyl adjacent to an activating group) is 1. The molecule has 41 nitrogen and oxygen atoms in total. The van der Waals surface area contributed by atoms with E-state index in [1.165, 1.54) is 0 Å². The topological polar surface area (TPSA) is 626 Å². The highest BCUT2D eigenvalue weighted by Crippen LogP contribution is 2.39. The Balaban J connectivity index is 0.000000397. The highest BCUT2D eigenvalue weighted by atomic mass is 35.5. The molecule has 586 valence electrons. The van der Waals surface area contributed by atoms with Crippen LogP contribution in [0, 0.1) is 0 Å². The van der Waals surface area contributed by atoms with Gasteiger partial charge in [0.2, 0.25) is 5.91 Å². The summed E-state index contributed by atoms with van der Waals surface area (Å²) in [5.74, 6) is 1.47. The van der Waals surface area contributed by atoms with Crippen LogP contribution in [0.2, 0.25) is 0 Å². The summed E-state index contributed by atoms with van der Waals surface area (Å²) in [6.45, 7) is -6.06. The molecule has 43 heteroatoms. The van der Waals surface area contributed by atoms with Crippen LogP contribution in [0.25, 0.3) is 0 Å². The maximum atomic E-state index is 11.6. The van der Waals surface area contributed by atoms with Gasteiger partial charge in [-0.25, -0.2) is 4.98 Å². The van der Waals surface area contributed by atoms with Crippen LogP contribution >= 0.6 is 24.2 Å². The number of hydrogen-bond acceptors (Lipinski definition) is 41. The van der Waals surface area contributed by atoms with Crippen molar-refractivity contribution in [2.45, 2.75) is 227 Å². The van der Waals surface area contributed by atoms with E-state index < -0.39 is 261 Å².